The summed E-state index contributed by atoms with van der Waals surface area (Å²) in [4.78, 5) is 12.5. The van der Waals surface area contributed by atoms with Crippen molar-refractivity contribution in [1.82, 2.24) is 10.6 Å². The van der Waals surface area contributed by atoms with E-state index in [0.29, 0.717) is 12.3 Å². The number of amides is 1. The molecule has 0 aliphatic rings. The summed E-state index contributed by atoms with van der Waals surface area (Å²) >= 11 is 3.42. The molecule has 0 heterocycles. The molecule has 6 heteroatoms. The molecule has 0 aromatic heterocycles. The maximum absolute atomic E-state index is 12.5. The fourth-order valence-electron chi connectivity index (χ4n) is 2.15. The van der Waals surface area contributed by atoms with Crippen LogP contribution in [0.5, 0.6) is 5.75 Å². The lowest BCUT2D eigenvalue weighted by atomic mass is 10.1. The molecule has 0 fully saturated rings. The van der Waals surface area contributed by atoms with Gasteiger partial charge in [-0.25, -0.2) is 0 Å². The molecule has 0 aliphatic carbocycles. The first-order valence-electron chi connectivity index (χ1n) is 7.60. The van der Waals surface area contributed by atoms with Crippen molar-refractivity contribution < 1.29 is 9.53 Å². The zero-order chi connectivity index (χ0) is 16.5. The Balaban J connectivity index is 0.00000288. The highest BCUT2D eigenvalue weighted by Gasteiger charge is 2.22. The van der Waals surface area contributed by atoms with E-state index in [2.05, 4.69) is 26.6 Å². The smallest absolute Gasteiger partial charge is 0.265 e. The molecule has 0 saturated carbocycles. The van der Waals surface area contributed by atoms with Gasteiger partial charge in [0.05, 0.1) is 0 Å². The maximum Gasteiger partial charge on any atom is 0.265 e. The Kier molecular flexibility index (Phi) is 9.45. The number of carbonyl (C=O) groups excluding carboxylic acids is 1. The summed E-state index contributed by atoms with van der Waals surface area (Å²) in [7, 11) is 1.89. The van der Waals surface area contributed by atoms with Crippen LogP contribution in [0.1, 0.15) is 18.1 Å². The van der Waals surface area contributed by atoms with E-state index < -0.39 is 6.10 Å². The molecule has 0 radical (unpaired) electrons. The normalized spacial score (nSPS) is 11.2. The lowest BCUT2D eigenvalue weighted by Crippen LogP contribution is -2.34. The molecule has 1 amide bonds. The van der Waals surface area contributed by atoms with Gasteiger partial charge in [0.25, 0.3) is 5.91 Å². The van der Waals surface area contributed by atoms with Gasteiger partial charge in [0.15, 0.2) is 0 Å². The van der Waals surface area contributed by atoms with E-state index in [4.69, 9.17) is 4.74 Å². The molecule has 2 aromatic rings. The van der Waals surface area contributed by atoms with Gasteiger partial charge < -0.3 is 15.4 Å². The van der Waals surface area contributed by atoms with E-state index in [1.807, 2.05) is 61.6 Å². The number of ether oxygens (including phenoxy) is 1. The van der Waals surface area contributed by atoms with Crippen molar-refractivity contribution in [3.05, 3.63) is 64.6 Å². The Bertz CT molecular complexity index is 625. The zero-order valence-corrected chi connectivity index (χ0v) is 15.9. The predicted molar refractivity (Wildman–Crippen MR) is 103 cm³/mol. The van der Waals surface area contributed by atoms with Gasteiger partial charge in [0.2, 0.25) is 6.10 Å². The van der Waals surface area contributed by atoms with Crippen molar-refractivity contribution in [3.63, 3.8) is 0 Å². The number of hydrogen-bond donors (Lipinski definition) is 2. The molecule has 0 aliphatic heterocycles. The lowest BCUT2D eigenvalue weighted by Gasteiger charge is -2.19. The molecule has 2 aromatic carbocycles. The molecule has 4 nitrogen and oxygen atoms in total. The van der Waals surface area contributed by atoms with Crippen molar-refractivity contribution in [1.29, 1.82) is 0 Å². The Morgan fingerprint density at radius 2 is 1.88 bits per heavy atom. The van der Waals surface area contributed by atoms with E-state index in [0.717, 1.165) is 23.0 Å². The third-order valence-electron chi connectivity index (χ3n) is 3.29. The Labute approximate surface area is 157 Å². The monoisotopic (exact) mass is 412 g/mol. The standard InChI is InChI=1S/C18H21BrN2O2.ClH/c1-20-11-6-12-21-18(22)17(14-7-3-2-4-8-14)23-16-10-5-9-15(19)13-16;/h2-5,7-10,13,17,20H,6,11-12H2,1H3,(H,21,22);1H. The Morgan fingerprint density at radius 1 is 1.12 bits per heavy atom. The molecular formula is C18H22BrClN2O2. The van der Waals surface area contributed by atoms with Gasteiger partial charge in [-0.15, -0.1) is 12.4 Å². The average molecular weight is 414 g/mol. The quantitative estimate of drug-likeness (QED) is 0.649. The van der Waals surface area contributed by atoms with E-state index in [9.17, 15) is 4.79 Å². The molecular weight excluding hydrogens is 392 g/mol. The van der Waals surface area contributed by atoms with Crippen LogP contribution in [0.4, 0.5) is 0 Å². The highest BCUT2D eigenvalue weighted by molar-refractivity contribution is 9.10. The fourth-order valence-corrected chi connectivity index (χ4v) is 2.52. The van der Waals surface area contributed by atoms with Gasteiger partial charge in [-0.05, 0) is 38.2 Å². The number of hydrogen-bond acceptors (Lipinski definition) is 3. The van der Waals surface area contributed by atoms with E-state index >= 15 is 0 Å². The number of nitrogens with one attached hydrogen (secondary N) is 2. The van der Waals surface area contributed by atoms with Crippen LogP contribution in [-0.4, -0.2) is 26.0 Å². The van der Waals surface area contributed by atoms with Gasteiger partial charge >= 0.3 is 0 Å². The topological polar surface area (TPSA) is 50.4 Å². The third-order valence-corrected chi connectivity index (χ3v) is 3.79. The first-order valence-corrected chi connectivity index (χ1v) is 8.39. The fraction of sp³-hybridized carbons (Fsp3) is 0.278. The molecule has 1 atom stereocenters. The second-order valence-corrected chi connectivity index (χ2v) is 6.03. The van der Waals surface area contributed by atoms with E-state index in [-0.39, 0.29) is 18.3 Å². The minimum Gasteiger partial charge on any atom is -0.476 e. The van der Waals surface area contributed by atoms with Gasteiger partial charge in [-0.1, -0.05) is 52.3 Å². The van der Waals surface area contributed by atoms with Crippen molar-refractivity contribution in [2.45, 2.75) is 12.5 Å². The maximum atomic E-state index is 12.5. The molecule has 130 valence electrons. The summed E-state index contributed by atoms with van der Waals surface area (Å²) in [5, 5.41) is 6.00. The van der Waals surface area contributed by atoms with Gasteiger partial charge in [0, 0.05) is 16.6 Å². The number of carbonyl (C=O) groups is 1. The summed E-state index contributed by atoms with van der Waals surface area (Å²) in [6.45, 7) is 1.48. The van der Waals surface area contributed by atoms with Crippen LogP contribution in [0.25, 0.3) is 0 Å². The summed E-state index contributed by atoms with van der Waals surface area (Å²) in [6.07, 6.45) is 0.209. The molecule has 24 heavy (non-hydrogen) atoms. The molecule has 0 bridgehead atoms. The van der Waals surface area contributed by atoms with Crippen LogP contribution < -0.4 is 15.4 Å². The largest absolute Gasteiger partial charge is 0.476 e. The van der Waals surface area contributed by atoms with Crippen LogP contribution in [-0.2, 0) is 4.79 Å². The van der Waals surface area contributed by atoms with Crippen LogP contribution in [0.2, 0.25) is 0 Å². The van der Waals surface area contributed by atoms with Crippen molar-refractivity contribution >= 4 is 34.2 Å². The van der Waals surface area contributed by atoms with Crippen LogP contribution >= 0.6 is 28.3 Å². The van der Waals surface area contributed by atoms with Crippen LogP contribution in [0.15, 0.2) is 59.1 Å². The molecule has 2 rings (SSSR count). The van der Waals surface area contributed by atoms with Crippen LogP contribution in [0.3, 0.4) is 0 Å². The SMILES string of the molecule is CNCCCNC(=O)C(Oc1cccc(Br)c1)c1ccccc1.Cl. The summed E-state index contributed by atoms with van der Waals surface area (Å²) in [6, 6.07) is 17.0. The Morgan fingerprint density at radius 3 is 2.54 bits per heavy atom. The summed E-state index contributed by atoms with van der Waals surface area (Å²) in [5.74, 6) is 0.519. The summed E-state index contributed by atoms with van der Waals surface area (Å²) in [5.41, 5.74) is 0.832. The minimum absolute atomic E-state index is 0. The first-order chi connectivity index (χ1) is 11.2. The van der Waals surface area contributed by atoms with Crippen molar-refractivity contribution in [2.24, 2.45) is 0 Å². The Hall–Kier alpha value is -1.56. The predicted octanol–water partition coefficient (Wildman–Crippen LogP) is 3.72. The second kappa shape index (κ2) is 11.1. The van der Waals surface area contributed by atoms with Gasteiger partial charge in [0.1, 0.15) is 5.75 Å². The van der Waals surface area contributed by atoms with Gasteiger partial charge in [-0.2, -0.15) is 0 Å². The average Bonchev–Trinajstić information content (AvgIpc) is 2.57. The third kappa shape index (κ3) is 6.51. The molecule has 2 N–H and O–H groups in total. The first kappa shape index (κ1) is 20.5. The van der Waals surface area contributed by atoms with Crippen molar-refractivity contribution in [2.75, 3.05) is 20.1 Å². The number of benzene rings is 2. The highest BCUT2D eigenvalue weighted by Crippen LogP contribution is 2.24. The zero-order valence-electron chi connectivity index (χ0n) is 13.5. The van der Waals surface area contributed by atoms with E-state index in [1.165, 1.54) is 0 Å². The highest BCUT2D eigenvalue weighted by atomic mass is 79.9. The summed E-state index contributed by atoms with van der Waals surface area (Å²) < 4.78 is 6.86. The number of halogens is 2. The van der Waals surface area contributed by atoms with E-state index in [1.54, 1.807) is 0 Å². The van der Waals surface area contributed by atoms with Crippen LogP contribution in [0, 0.1) is 0 Å². The minimum atomic E-state index is -0.667. The van der Waals surface area contributed by atoms with Crippen molar-refractivity contribution in [3.8, 4) is 5.75 Å². The van der Waals surface area contributed by atoms with Gasteiger partial charge in [-0.3, -0.25) is 4.79 Å². The molecule has 0 spiro atoms. The second-order valence-electron chi connectivity index (χ2n) is 5.11. The molecule has 0 saturated heterocycles. The molecule has 1 unspecified atom stereocenters. The lowest BCUT2D eigenvalue weighted by molar-refractivity contribution is -0.128. The number of rotatable bonds is 8.